The minimum absolute atomic E-state index is 0.0408. The first kappa shape index (κ1) is 10.0. The van der Waals surface area contributed by atoms with Gasteiger partial charge in [0.25, 0.3) is 0 Å². The minimum atomic E-state index is 0.0408. The number of nitrogens with two attached hydrogens (primary N) is 1. The summed E-state index contributed by atoms with van der Waals surface area (Å²) in [5.41, 5.74) is 6.21. The molecule has 1 atom stereocenters. The Kier molecular flexibility index (Phi) is 3.53. The predicted molar refractivity (Wildman–Crippen MR) is 53.2 cm³/mol. The Hall–Kier alpha value is -0.0800. The first-order chi connectivity index (χ1) is 5.64. The highest BCUT2D eigenvalue weighted by molar-refractivity contribution is 4.83. The van der Waals surface area contributed by atoms with Gasteiger partial charge >= 0.3 is 0 Å². The Balaban J connectivity index is 2.27. The lowest BCUT2D eigenvalue weighted by Gasteiger charge is -2.29. The second-order valence-electron chi connectivity index (χ2n) is 4.39. The van der Waals surface area contributed by atoms with Crippen LogP contribution in [0.1, 0.15) is 39.5 Å². The molecule has 0 aromatic rings. The number of hydrogen-bond acceptors (Lipinski definition) is 2. The van der Waals surface area contributed by atoms with E-state index in [4.69, 9.17) is 5.73 Å². The minimum Gasteiger partial charge on any atom is -0.324 e. The van der Waals surface area contributed by atoms with Crippen LogP contribution in [0, 0.1) is 0 Å². The lowest BCUT2D eigenvalue weighted by Crippen LogP contribution is -2.46. The van der Waals surface area contributed by atoms with Crippen LogP contribution in [0.25, 0.3) is 0 Å². The largest absolute Gasteiger partial charge is 0.324 e. The van der Waals surface area contributed by atoms with Gasteiger partial charge in [0.15, 0.2) is 0 Å². The fourth-order valence-electron chi connectivity index (χ4n) is 2.10. The van der Waals surface area contributed by atoms with Gasteiger partial charge in [-0.25, -0.2) is 0 Å². The van der Waals surface area contributed by atoms with Gasteiger partial charge in [0.2, 0.25) is 0 Å². The molecule has 2 nitrogen and oxygen atoms in total. The van der Waals surface area contributed by atoms with E-state index in [-0.39, 0.29) is 5.54 Å². The van der Waals surface area contributed by atoms with E-state index in [2.05, 4.69) is 18.7 Å². The molecule has 1 aliphatic heterocycles. The quantitative estimate of drug-likeness (QED) is 0.694. The number of nitrogens with zero attached hydrogens (tertiary/aromatic N) is 1. The van der Waals surface area contributed by atoms with Crippen molar-refractivity contribution in [1.82, 2.24) is 4.90 Å². The SMILES string of the molecule is CCCC(C)(N)CN1CCCC1. The van der Waals surface area contributed by atoms with Crippen molar-refractivity contribution in [3.63, 3.8) is 0 Å². The maximum atomic E-state index is 6.17. The zero-order chi connectivity index (χ0) is 9.03. The average Bonchev–Trinajstić information content (AvgIpc) is 2.38. The van der Waals surface area contributed by atoms with E-state index < -0.39 is 0 Å². The van der Waals surface area contributed by atoms with Crippen LogP contribution < -0.4 is 5.73 Å². The van der Waals surface area contributed by atoms with Crippen LogP contribution in [0.4, 0.5) is 0 Å². The summed E-state index contributed by atoms with van der Waals surface area (Å²) in [7, 11) is 0. The third-order valence-electron chi connectivity index (χ3n) is 2.60. The van der Waals surface area contributed by atoms with Crippen molar-refractivity contribution in [3.8, 4) is 0 Å². The zero-order valence-corrected chi connectivity index (χ0v) is 8.47. The number of hydrogen-bond donors (Lipinski definition) is 1. The molecule has 0 aromatic heterocycles. The summed E-state index contributed by atoms with van der Waals surface area (Å²) >= 11 is 0. The second kappa shape index (κ2) is 4.24. The molecule has 2 N–H and O–H groups in total. The molecule has 1 fully saturated rings. The Labute approximate surface area is 76.1 Å². The summed E-state index contributed by atoms with van der Waals surface area (Å²) in [5.74, 6) is 0. The van der Waals surface area contributed by atoms with Crippen molar-refractivity contribution in [2.45, 2.75) is 45.1 Å². The van der Waals surface area contributed by atoms with Crippen LogP contribution in [0.5, 0.6) is 0 Å². The van der Waals surface area contributed by atoms with E-state index >= 15 is 0 Å². The summed E-state index contributed by atoms with van der Waals surface area (Å²) in [5, 5.41) is 0. The molecule has 0 radical (unpaired) electrons. The van der Waals surface area contributed by atoms with Crippen molar-refractivity contribution in [3.05, 3.63) is 0 Å². The van der Waals surface area contributed by atoms with E-state index in [1.54, 1.807) is 0 Å². The highest BCUT2D eigenvalue weighted by atomic mass is 15.2. The molecule has 0 amide bonds. The average molecular weight is 170 g/mol. The van der Waals surface area contributed by atoms with Crippen LogP contribution in [0.2, 0.25) is 0 Å². The Morgan fingerprint density at radius 2 is 1.92 bits per heavy atom. The second-order valence-corrected chi connectivity index (χ2v) is 4.39. The Morgan fingerprint density at radius 1 is 1.33 bits per heavy atom. The molecule has 1 saturated heterocycles. The van der Waals surface area contributed by atoms with Crippen molar-refractivity contribution in [1.29, 1.82) is 0 Å². The van der Waals surface area contributed by atoms with Gasteiger partial charge in [-0.05, 0) is 39.3 Å². The van der Waals surface area contributed by atoms with E-state index in [0.29, 0.717) is 0 Å². The fourth-order valence-corrected chi connectivity index (χ4v) is 2.10. The molecule has 0 aromatic carbocycles. The van der Waals surface area contributed by atoms with Crippen molar-refractivity contribution in [2.75, 3.05) is 19.6 Å². The lowest BCUT2D eigenvalue weighted by molar-refractivity contribution is 0.248. The highest BCUT2D eigenvalue weighted by Gasteiger charge is 2.22. The summed E-state index contributed by atoms with van der Waals surface area (Å²) in [6, 6.07) is 0. The van der Waals surface area contributed by atoms with Gasteiger partial charge in [0.05, 0.1) is 0 Å². The first-order valence-corrected chi connectivity index (χ1v) is 5.15. The molecule has 12 heavy (non-hydrogen) atoms. The maximum absolute atomic E-state index is 6.17. The summed E-state index contributed by atoms with van der Waals surface area (Å²) < 4.78 is 0. The van der Waals surface area contributed by atoms with Crippen LogP contribution in [0.15, 0.2) is 0 Å². The monoisotopic (exact) mass is 170 g/mol. The summed E-state index contributed by atoms with van der Waals surface area (Å²) in [4.78, 5) is 2.50. The predicted octanol–water partition coefficient (Wildman–Crippen LogP) is 1.60. The topological polar surface area (TPSA) is 29.3 Å². The van der Waals surface area contributed by atoms with Gasteiger partial charge in [0, 0.05) is 12.1 Å². The van der Waals surface area contributed by atoms with E-state index in [9.17, 15) is 0 Å². The highest BCUT2D eigenvalue weighted by Crippen LogP contribution is 2.15. The maximum Gasteiger partial charge on any atom is 0.0254 e. The molecule has 0 spiro atoms. The molecule has 0 bridgehead atoms. The van der Waals surface area contributed by atoms with E-state index in [1.165, 1.54) is 32.4 Å². The molecule has 1 aliphatic rings. The van der Waals surface area contributed by atoms with Gasteiger partial charge in [-0.3, -0.25) is 0 Å². The molecule has 2 heteroatoms. The number of rotatable bonds is 4. The van der Waals surface area contributed by atoms with Crippen molar-refractivity contribution < 1.29 is 0 Å². The smallest absolute Gasteiger partial charge is 0.0254 e. The summed E-state index contributed by atoms with van der Waals surface area (Å²) in [6.07, 6.45) is 5.06. The van der Waals surface area contributed by atoms with Gasteiger partial charge in [-0.1, -0.05) is 13.3 Å². The van der Waals surface area contributed by atoms with Crippen molar-refractivity contribution in [2.24, 2.45) is 5.73 Å². The normalized spacial score (nSPS) is 24.2. The molecular weight excluding hydrogens is 148 g/mol. The van der Waals surface area contributed by atoms with Gasteiger partial charge in [-0.15, -0.1) is 0 Å². The fraction of sp³-hybridized carbons (Fsp3) is 1.00. The van der Waals surface area contributed by atoms with Gasteiger partial charge < -0.3 is 10.6 Å². The van der Waals surface area contributed by atoms with Crippen LogP contribution >= 0.6 is 0 Å². The van der Waals surface area contributed by atoms with Gasteiger partial charge in [-0.2, -0.15) is 0 Å². The molecule has 1 unspecified atom stereocenters. The third-order valence-corrected chi connectivity index (χ3v) is 2.60. The molecule has 0 saturated carbocycles. The molecule has 1 rings (SSSR count). The Bertz CT molecular complexity index is 126. The van der Waals surface area contributed by atoms with Crippen LogP contribution in [-0.2, 0) is 0 Å². The standard InChI is InChI=1S/C10H22N2/c1-3-6-10(2,11)9-12-7-4-5-8-12/h3-9,11H2,1-2H3. The molecule has 72 valence electrons. The van der Waals surface area contributed by atoms with Gasteiger partial charge in [0.1, 0.15) is 0 Å². The summed E-state index contributed by atoms with van der Waals surface area (Å²) in [6.45, 7) is 7.98. The van der Waals surface area contributed by atoms with Crippen LogP contribution in [0.3, 0.4) is 0 Å². The number of likely N-dealkylation sites (tertiary alicyclic amines) is 1. The Morgan fingerprint density at radius 3 is 2.42 bits per heavy atom. The molecular formula is C10H22N2. The van der Waals surface area contributed by atoms with Crippen LogP contribution in [-0.4, -0.2) is 30.1 Å². The first-order valence-electron chi connectivity index (χ1n) is 5.15. The van der Waals surface area contributed by atoms with E-state index in [1.807, 2.05) is 0 Å². The van der Waals surface area contributed by atoms with E-state index in [0.717, 1.165) is 13.0 Å². The third kappa shape index (κ3) is 3.11. The molecule has 0 aliphatic carbocycles. The molecule has 1 heterocycles. The lowest BCUT2D eigenvalue weighted by atomic mass is 9.97. The zero-order valence-electron chi connectivity index (χ0n) is 8.47. The van der Waals surface area contributed by atoms with Crippen molar-refractivity contribution >= 4 is 0 Å².